The van der Waals surface area contributed by atoms with Crippen molar-refractivity contribution in [3.8, 4) is 11.5 Å². The highest BCUT2D eigenvalue weighted by Crippen LogP contribution is 2.36. The fourth-order valence-corrected chi connectivity index (χ4v) is 4.59. The minimum Gasteiger partial charge on any atom is -0.493 e. The highest BCUT2D eigenvalue weighted by Gasteiger charge is 2.33. The first-order valence-electron chi connectivity index (χ1n) is 11.9. The van der Waals surface area contributed by atoms with Gasteiger partial charge in [0.2, 0.25) is 5.76 Å². The Hall–Kier alpha value is -4.02. The van der Waals surface area contributed by atoms with Crippen molar-refractivity contribution in [2.45, 2.75) is 13.5 Å². The van der Waals surface area contributed by atoms with E-state index in [0.717, 1.165) is 11.3 Å². The molecule has 0 N–H and O–H groups in total. The zero-order chi connectivity index (χ0) is 26.9. The van der Waals surface area contributed by atoms with E-state index in [-0.39, 0.29) is 18.3 Å². The van der Waals surface area contributed by atoms with E-state index in [1.165, 1.54) is 32.0 Å². The fraction of sp³-hybridized carbons (Fsp3) is 0.250. The minimum atomic E-state index is -0.557. The molecule has 1 aromatic heterocycles. The van der Waals surface area contributed by atoms with Crippen LogP contribution in [0.3, 0.4) is 0 Å². The van der Waals surface area contributed by atoms with Crippen LogP contribution in [0.1, 0.15) is 28.8 Å². The number of carbonyl (C=O) groups excluding carboxylic acids is 2. The summed E-state index contributed by atoms with van der Waals surface area (Å²) in [4.78, 5) is 31.7. The van der Waals surface area contributed by atoms with Crippen molar-refractivity contribution in [3.05, 3.63) is 82.7 Å². The van der Waals surface area contributed by atoms with E-state index in [1.54, 1.807) is 29.2 Å². The number of para-hydroxylation sites is 1. The zero-order valence-corrected chi connectivity index (χ0v) is 22.2. The predicted octanol–water partition coefficient (Wildman–Crippen LogP) is 5.29. The number of hydrogen-bond donors (Lipinski definition) is 0. The van der Waals surface area contributed by atoms with E-state index in [4.69, 9.17) is 18.6 Å². The van der Waals surface area contributed by atoms with Gasteiger partial charge in [0.15, 0.2) is 16.7 Å². The topological polar surface area (TPSA) is 99.8 Å². The molecule has 0 saturated carbocycles. The van der Waals surface area contributed by atoms with Crippen LogP contribution in [0.5, 0.6) is 11.5 Å². The van der Waals surface area contributed by atoms with Crippen LogP contribution in [-0.4, -0.2) is 55.9 Å². The number of amidine groups is 1. The first-order valence-corrected chi connectivity index (χ1v) is 12.7. The third-order valence-corrected chi connectivity index (χ3v) is 6.44. The first kappa shape index (κ1) is 27.0. The smallest absolute Gasteiger partial charge is 0.373 e. The molecule has 0 aliphatic carbocycles. The molecular formula is C28H28N2O7S. The van der Waals surface area contributed by atoms with Gasteiger partial charge in [0.1, 0.15) is 12.4 Å². The molecule has 0 spiro atoms. The number of ether oxygens (including phenoxy) is 4. The molecule has 1 aliphatic heterocycles. The monoisotopic (exact) mass is 536 g/mol. The molecule has 0 radical (unpaired) electrons. The van der Waals surface area contributed by atoms with Crippen LogP contribution >= 0.6 is 11.8 Å². The second-order valence-corrected chi connectivity index (χ2v) is 8.96. The maximum Gasteiger partial charge on any atom is 0.373 e. The normalized spacial score (nSPS) is 15.3. The van der Waals surface area contributed by atoms with E-state index in [2.05, 4.69) is 9.73 Å². The van der Waals surface area contributed by atoms with Gasteiger partial charge in [0.25, 0.3) is 5.91 Å². The Morgan fingerprint density at radius 3 is 2.63 bits per heavy atom. The van der Waals surface area contributed by atoms with Crippen LogP contribution in [0, 0.1) is 0 Å². The van der Waals surface area contributed by atoms with Crippen LogP contribution in [0.15, 0.2) is 75.0 Å². The molecule has 10 heteroatoms. The summed E-state index contributed by atoms with van der Waals surface area (Å²) in [6, 6.07) is 18.1. The number of aliphatic imine (C=N–C) groups is 1. The average molecular weight is 537 g/mol. The molecular weight excluding hydrogens is 508 g/mol. The number of furan rings is 1. The highest BCUT2D eigenvalue weighted by molar-refractivity contribution is 8.18. The van der Waals surface area contributed by atoms with Crippen molar-refractivity contribution in [1.29, 1.82) is 0 Å². The number of nitrogens with zero attached hydrogens (tertiary/aromatic N) is 2. The molecule has 1 aliphatic rings. The molecule has 1 fully saturated rings. The predicted molar refractivity (Wildman–Crippen MR) is 145 cm³/mol. The quantitative estimate of drug-likeness (QED) is 0.185. The molecule has 2 aromatic carbocycles. The number of rotatable bonds is 11. The average Bonchev–Trinajstić information content (AvgIpc) is 3.53. The Morgan fingerprint density at radius 1 is 1.08 bits per heavy atom. The van der Waals surface area contributed by atoms with Gasteiger partial charge in [0, 0.05) is 6.61 Å². The highest BCUT2D eigenvalue weighted by atomic mass is 32.2. The van der Waals surface area contributed by atoms with Gasteiger partial charge in [-0.3, -0.25) is 9.69 Å². The molecule has 9 nitrogen and oxygen atoms in total. The summed E-state index contributed by atoms with van der Waals surface area (Å²) in [5.41, 5.74) is 1.53. The molecule has 0 atom stereocenters. The van der Waals surface area contributed by atoms with Gasteiger partial charge in [-0.2, -0.15) is 0 Å². The number of benzene rings is 2. The number of thioether (sulfide) groups is 1. The summed E-state index contributed by atoms with van der Waals surface area (Å²) in [5, 5.41) is 0.601. The van der Waals surface area contributed by atoms with Crippen molar-refractivity contribution < 1.29 is 33.0 Å². The molecule has 0 unspecified atom stereocenters. The van der Waals surface area contributed by atoms with Gasteiger partial charge >= 0.3 is 5.97 Å². The van der Waals surface area contributed by atoms with Crippen molar-refractivity contribution in [2.75, 3.05) is 34.0 Å². The van der Waals surface area contributed by atoms with Gasteiger partial charge in [-0.1, -0.05) is 24.3 Å². The van der Waals surface area contributed by atoms with Gasteiger partial charge in [-0.15, -0.1) is 0 Å². The summed E-state index contributed by atoms with van der Waals surface area (Å²) in [6.45, 7) is 3.41. The second-order valence-electron chi connectivity index (χ2n) is 7.95. The van der Waals surface area contributed by atoms with Gasteiger partial charge in [-0.25, -0.2) is 9.79 Å². The zero-order valence-electron chi connectivity index (χ0n) is 21.3. The fourth-order valence-electron chi connectivity index (χ4n) is 3.56. The Morgan fingerprint density at radius 2 is 1.89 bits per heavy atom. The SMILES string of the molecule is CCOCCN1C(=O)C(=Cc2ccc(OCc3ccc(C(=O)OC)o3)c(OC)c2)SC1=Nc1ccccc1. The van der Waals surface area contributed by atoms with Crippen LogP contribution in [0.2, 0.25) is 0 Å². The van der Waals surface area contributed by atoms with Crippen LogP contribution in [0.25, 0.3) is 6.08 Å². The lowest BCUT2D eigenvalue weighted by atomic mass is 10.2. The summed E-state index contributed by atoms with van der Waals surface area (Å²) in [5.74, 6) is 0.844. The first-order chi connectivity index (χ1) is 18.5. The number of methoxy groups -OCH3 is 2. The third-order valence-electron chi connectivity index (χ3n) is 5.44. The van der Waals surface area contributed by atoms with E-state index >= 15 is 0 Å². The largest absolute Gasteiger partial charge is 0.493 e. The van der Waals surface area contributed by atoms with Crippen molar-refractivity contribution in [2.24, 2.45) is 4.99 Å². The lowest BCUT2D eigenvalue weighted by Gasteiger charge is -2.15. The van der Waals surface area contributed by atoms with E-state index in [9.17, 15) is 9.59 Å². The van der Waals surface area contributed by atoms with Crippen molar-refractivity contribution in [1.82, 2.24) is 4.90 Å². The minimum absolute atomic E-state index is 0.0935. The van der Waals surface area contributed by atoms with Gasteiger partial charge < -0.3 is 23.4 Å². The lowest BCUT2D eigenvalue weighted by Crippen LogP contribution is -2.32. The summed E-state index contributed by atoms with van der Waals surface area (Å²) in [6.07, 6.45) is 1.80. The maximum absolute atomic E-state index is 13.3. The van der Waals surface area contributed by atoms with Crippen LogP contribution in [0.4, 0.5) is 5.69 Å². The molecule has 198 valence electrons. The van der Waals surface area contributed by atoms with Crippen LogP contribution < -0.4 is 9.47 Å². The van der Waals surface area contributed by atoms with Gasteiger partial charge in [0.05, 0.1) is 38.0 Å². The maximum atomic E-state index is 13.3. The number of amides is 1. The third kappa shape index (κ3) is 6.64. The van der Waals surface area contributed by atoms with Crippen LogP contribution in [-0.2, 0) is 20.9 Å². The Kier molecular flexibility index (Phi) is 9.23. The summed E-state index contributed by atoms with van der Waals surface area (Å²) < 4.78 is 26.9. The van der Waals surface area contributed by atoms with E-state index < -0.39 is 5.97 Å². The molecule has 4 rings (SSSR count). The molecule has 3 aromatic rings. The number of hydrogen-bond acceptors (Lipinski definition) is 9. The number of carbonyl (C=O) groups is 2. The Labute approximate surface area is 225 Å². The Bertz CT molecular complexity index is 1330. The van der Waals surface area contributed by atoms with Crippen molar-refractivity contribution >= 4 is 40.6 Å². The molecule has 1 amide bonds. The standard InChI is InChI=1S/C28H28N2O7S/c1-4-35-15-14-30-26(31)25(38-28(30)29-20-8-6-5-7-9-20)17-19-10-12-22(24(16-19)33-2)36-18-21-11-13-23(37-21)27(32)34-3/h5-13,16-17H,4,14-15,18H2,1-3H3. The van der Waals surface area contributed by atoms with E-state index in [0.29, 0.717) is 47.1 Å². The molecule has 2 heterocycles. The molecule has 0 bridgehead atoms. The van der Waals surface area contributed by atoms with E-state index in [1.807, 2.05) is 43.3 Å². The number of esters is 1. The summed E-state index contributed by atoms with van der Waals surface area (Å²) >= 11 is 1.32. The second kappa shape index (κ2) is 13.0. The summed E-state index contributed by atoms with van der Waals surface area (Å²) in [7, 11) is 2.83. The van der Waals surface area contributed by atoms with Crippen molar-refractivity contribution in [3.63, 3.8) is 0 Å². The van der Waals surface area contributed by atoms with Gasteiger partial charge in [-0.05, 0) is 66.7 Å². The Balaban J connectivity index is 1.52. The lowest BCUT2D eigenvalue weighted by molar-refractivity contribution is -0.122. The molecule has 38 heavy (non-hydrogen) atoms. The molecule has 1 saturated heterocycles.